The van der Waals surface area contributed by atoms with E-state index in [0.717, 1.165) is 4.47 Å². The van der Waals surface area contributed by atoms with Crippen molar-refractivity contribution in [3.63, 3.8) is 0 Å². The maximum Gasteiger partial charge on any atom is 0.251 e. The Morgan fingerprint density at radius 1 is 1.42 bits per heavy atom. The number of halogens is 1. The molecule has 5 heteroatoms. The van der Waals surface area contributed by atoms with Gasteiger partial charge in [0.25, 0.3) is 5.91 Å². The fraction of sp³-hybridized carbons (Fsp3) is 0.286. The second kappa shape index (κ2) is 5.67. The van der Waals surface area contributed by atoms with E-state index < -0.39 is 6.04 Å². The fourth-order valence-corrected chi connectivity index (χ4v) is 2.42. The quantitative estimate of drug-likeness (QED) is 0.630. The van der Waals surface area contributed by atoms with Gasteiger partial charge in [-0.2, -0.15) is 0 Å². The zero-order valence-corrected chi connectivity index (χ0v) is 12.3. The number of imide groups is 1. The number of nitrogens with zero attached hydrogens (tertiary/aromatic N) is 2. The van der Waals surface area contributed by atoms with Crippen molar-refractivity contribution in [2.45, 2.75) is 12.5 Å². The smallest absolute Gasteiger partial charge is 0.251 e. The summed E-state index contributed by atoms with van der Waals surface area (Å²) < 4.78 is 0.913. The number of amides is 2. The van der Waals surface area contributed by atoms with Gasteiger partial charge < -0.3 is 0 Å². The number of carbonyl (C=O) groups excluding carboxylic acids is 2. The third kappa shape index (κ3) is 2.77. The van der Waals surface area contributed by atoms with Crippen LogP contribution in [0.3, 0.4) is 0 Å². The molecule has 1 aromatic carbocycles. The molecule has 0 N–H and O–H groups in total. The summed E-state index contributed by atoms with van der Waals surface area (Å²) in [4.78, 5) is 27.5. The molecule has 1 heterocycles. The van der Waals surface area contributed by atoms with E-state index in [9.17, 15) is 9.59 Å². The van der Waals surface area contributed by atoms with E-state index in [1.807, 2.05) is 24.1 Å². The van der Waals surface area contributed by atoms with Crippen molar-refractivity contribution in [2.75, 3.05) is 18.5 Å². The molecule has 0 radical (unpaired) electrons. The molecule has 1 atom stereocenters. The average Bonchev–Trinajstić information content (AvgIpc) is 2.67. The van der Waals surface area contributed by atoms with Gasteiger partial charge in [-0.05, 0) is 31.3 Å². The lowest BCUT2D eigenvalue weighted by Gasteiger charge is -2.21. The Morgan fingerprint density at radius 3 is 2.63 bits per heavy atom. The van der Waals surface area contributed by atoms with Crippen LogP contribution in [0.25, 0.3) is 0 Å². The number of rotatable bonds is 4. The molecule has 0 unspecified atom stereocenters. The van der Waals surface area contributed by atoms with Crippen LogP contribution in [0.5, 0.6) is 0 Å². The van der Waals surface area contributed by atoms with E-state index in [1.165, 1.54) is 4.90 Å². The number of benzene rings is 1. The van der Waals surface area contributed by atoms with Gasteiger partial charge in [-0.25, -0.2) is 4.90 Å². The molecule has 1 saturated heterocycles. The van der Waals surface area contributed by atoms with Crippen LogP contribution in [-0.2, 0) is 9.59 Å². The summed E-state index contributed by atoms with van der Waals surface area (Å²) >= 11 is 3.33. The highest BCUT2D eigenvalue weighted by Crippen LogP contribution is 2.26. The first-order valence-electron chi connectivity index (χ1n) is 5.98. The van der Waals surface area contributed by atoms with Crippen molar-refractivity contribution in [3.8, 4) is 0 Å². The largest absolute Gasteiger partial charge is 0.291 e. The summed E-state index contributed by atoms with van der Waals surface area (Å²) in [6.45, 7) is 4.23. The molecule has 19 heavy (non-hydrogen) atoms. The zero-order chi connectivity index (χ0) is 14.0. The predicted molar refractivity (Wildman–Crippen MR) is 77.9 cm³/mol. The Hall–Kier alpha value is -1.46. The van der Waals surface area contributed by atoms with E-state index in [1.54, 1.807) is 18.2 Å². The van der Waals surface area contributed by atoms with Crippen LogP contribution in [-0.4, -0.2) is 36.3 Å². The Bertz CT molecular complexity index is 513. The lowest BCUT2D eigenvalue weighted by molar-refractivity contribution is -0.122. The third-order valence-electron chi connectivity index (χ3n) is 3.16. The molecule has 0 bridgehead atoms. The third-order valence-corrected chi connectivity index (χ3v) is 3.69. The second-order valence-corrected chi connectivity index (χ2v) is 5.41. The fourth-order valence-electron chi connectivity index (χ4n) is 2.15. The first-order valence-corrected chi connectivity index (χ1v) is 6.77. The zero-order valence-electron chi connectivity index (χ0n) is 10.7. The highest BCUT2D eigenvalue weighted by molar-refractivity contribution is 9.10. The van der Waals surface area contributed by atoms with Crippen LogP contribution in [0.1, 0.15) is 6.42 Å². The van der Waals surface area contributed by atoms with E-state index in [2.05, 4.69) is 22.5 Å². The van der Waals surface area contributed by atoms with Gasteiger partial charge in [0.1, 0.15) is 0 Å². The predicted octanol–water partition coefficient (Wildman–Crippen LogP) is 2.20. The van der Waals surface area contributed by atoms with Crippen molar-refractivity contribution in [1.82, 2.24) is 4.90 Å². The van der Waals surface area contributed by atoms with Gasteiger partial charge in [0.15, 0.2) is 0 Å². The first-order chi connectivity index (χ1) is 9.04. The van der Waals surface area contributed by atoms with Crippen LogP contribution in [0.2, 0.25) is 0 Å². The maximum absolute atomic E-state index is 12.3. The molecule has 0 spiro atoms. The Morgan fingerprint density at radius 2 is 2.05 bits per heavy atom. The number of hydrogen-bond acceptors (Lipinski definition) is 3. The van der Waals surface area contributed by atoms with Gasteiger partial charge in [-0.15, -0.1) is 6.58 Å². The highest BCUT2D eigenvalue weighted by atomic mass is 79.9. The van der Waals surface area contributed by atoms with Gasteiger partial charge in [-0.3, -0.25) is 14.5 Å². The molecule has 100 valence electrons. The lowest BCUT2D eigenvalue weighted by atomic mass is 10.2. The summed E-state index contributed by atoms with van der Waals surface area (Å²) in [7, 11) is 1.82. The maximum atomic E-state index is 12.3. The number of likely N-dealkylation sites (N-methyl/N-ethyl adjacent to an activating group) is 1. The van der Waals surface area contributed by atoms with Crippen LogP contribution < -0.4 is 4.90 Å². The van der Waals surface area contributed by atoms with Crippen LogP contribution in [0.4, 0.5) is 5.69 Å². The second-order valence-electron chi connectivity index (χ2n) is 4.49. The molecule has 1 fully saturated rings. The molecule has 1 aliphatic heterocycles. The van der Waals surface area contributed by atoms with E-state index >= 15 is 0 Å². The molecule has 4 nitrogen and oxygen atoms in total. The molecule has 0 aromatic heterocycles. The Labute approximate surface area is 120 Å². The van der Waals surface area contributed by atoms with E-state index in [-0.39, 0.29) is 18.2 Å². The minimum absolute atomic E-state index is 0.159. The number of hydrogen-bond donors (Lipinski definition) is 0. The summed E-state index contributed by atoms with van der Waals surface area (Å²) in [5.74, 6) is -0.329. The molecule has 1 aromatic rings. The molecule has 0 saturated carbocycles. The van der Waals surface area contributed by atoms with Gasteiger partial charge in [0.05, 0.1) is 18.2 Å². The van der Waals surface area contributed by atoms with E-state index in [0.29, 0.717) is 12.2 Å². The normalized spacial score (nSPS) is 19.3. The first kappa shape index (κ1) is 14.0. The van der Waals surface area contributed by atoms with Crippen molar-refractivity contribution >= 4 is 33.4 Å². The SMILES string of the molecule is C=CCN(C)[C@@H]1CC(=O)N(c2ccc(Br)cc2)C1=O. The van der Waals surface area contributed by atoms with Crippen LogP contribution >= 0.6 is 15.9 Å². The van der Waals surface area contributed by atoms with Crippen molar-refractivity contribution in [3.05, 3.63) is 41.4 Å². The average molecular weight is 323 g/mol. The monoisotopic (exact) mass is 322 g/mol. The van der Waals surface area contributed by atoms with Gasteiger partial charge in [-0.1, -0.05) is 22.0 Å². The van der Waals surface area contributed by atoms with E-state index in [4.69, 9.17) is 0 Å². The minimum atomic E-state index is -0.394. The highest BCUT2D eigenvalue weighted by Gasteiger charge is 2.41. The topological polar surface area (TPSA) is 40.6 Å². The molecule has 2 rings (SSSR count). The molecule has 1 aliphatic rings. The Balaban J connectivity index is 2.23. The summed E-state index contributed by atoms with van der Waals surface area (Å²) in [5, 5.41) is 0. The standard InChI is InChI=1S/C14H15BrN2O2/c1-3-8-16(2)12-9-13(18)17(14(12)19)11-6-4-10(15)5-7-11/h3-7,12H,1,8-9H2,2H3/t12-/m1/s1. The van der Waals surface area contributed by atoms with Crippen molar-refractivity contribution < 1.29 is 9.59 Å². The van der Waals surface area contributed by atoms with Gasteiger partial charge in [0.2, 0.25) is 5.91 Å². The summed E-state index contributed by atoms with van der Waals surface area (Å²) in [6.07, 6.45) is 1.94. The molecular formula is C14H15BrN2O2. The molecule has 2 amide bonds. The van der Waals surface area contributed by atoms with Gasteiger partial charge >= 0.3 is 0 Å². The van der Waals surface area contributed by atoms with Gasteiger partial charge in [0, 0.05) is 11.0 Å². The minimum Gasteiger partial charge on any atom is -0.291 e. The lowest BCUT2D eigenvalue weighted by Crippen LogP contribution is -2.40. The van der Waals surface area contributed by atoms with Crippen LogP contribution in [0.15, 0.2) is 41.4 Å². The van der Waals surface area contributed by atoms with Crippen molar-refractivity contribution in [2.24, 2.45) is 0 Å². The van der Waals surface area contributed by atoms with Crippen molar-refractivity contribution in [1.29, 1.82) is 0 Å². The molecule has 0 aliphatic carbocycles. The Kier molecular flexibility index (Phi) is 4.17. The number of anilines is 1. The van der Waals surface area contributed by atoms with Crippen LogP contribution in [0, 0.1) is 0 Å². The summed E-state index contributed by atoms with van der Waals surface area (Å²) in [6, 6.07) is 6.76. The summed E-state index contributed by atoms with van der Waals surface area (Å²) in [5.41, 5.74) is 0.618. The number of carbonyl (C=O) groups is 2. The molecular weight excluding hydrogens is 308 g/mol.